The number of para-hydroxylation sites is 1. The number of amides is 9. The van der Waals surface area contributed by atoms with Gasteiger partial charge in [0.1, 0.15) is 36.3 Å². The molecule has 0 aliphatic heterocycles. The summed E-state index contributed by atoms with van der Waals surface area (Å²) < 4.78 is 0. The van der Waals surface area contributed by atoms with Gasteiger partial charge in [-0.25, -0.2) is 0 Å². The van der Waals surface area contributed by atoms with Crippen molar-refractivity contribution in [2.45, 2.75) is 155 Å². The van der Waals surface area contributed by atoms with Crippen LogP contribution in [0.1, 0.15) is 99.5 Å². The molecule has 70 heavy (non-hydrogen) atoms. The van der Waals surface area contributed by atoms with Gasteiger partial charge in [0.2, 0.25) is 53.2 Å². The first-order chi connectivity index (χ1) is 32.9. The molecule has 0 aliphatic carbocycles. The van der Waals surface area contributed by atoms with Gasteiger partial charge in [-0.3, -0.25) is 43.2 Å². The highest BCUT2D eigenvalue weighted by Gasteiger charge is 2.37. The first-order valence-corrected chi connectivity index (χ1v) is 23.9. The second-order valence-corrected chi connectivity index (χ2v) is 18.5. The predicted molar refractivity (Wildman–Crippen MR) is 261 cm³/mol. The fourth-order valence-corrected chi connectivity index (χ4v) is 7.33. The highest BCUT2D eigenvalue weighted by atomic mass is 16.3. The van der Waals surface area contributed by atoms with E-state index in [1.54, 1.807) is 40.8 Å². The minimum Gasteiger partial charge on any atom is -0.394 e. The van der Waals surface area contributed by atoms with E-state index in [1.165, 1.54) is 13.8 Å². The standard InChI is InChI=1S/C47H78N12O11/c1-9-26(6)39(46(69)54-30(23-60)20-29-21-51-33-16-11-10-14-31(29)33)58-47(70)40(28(8)61)59-45(68)38(25(4)5)57-44(67)37(24(2)3)56-43(66)34(17-18-35(50)62)55-36(63)22-52-41(64)27(7)53-42(65)32(49)15-12-13-19-48/h10-11,14,16,21,24-28,30,32,34,37-40,51,60-61H,9,12-13,15,17-20,22-23,48-49H2,1-8H3,(H2,50,62)(H,52,64)(H,53,65)(H,54,69)(H,55,63)(H,56,66)(H,57,67)(H,58,70)(H,59,68)/t26-,27-,28+,30-,32-,34-,37-,38-,39-,40-/m0/s1. The number of aliphatic hydroxyl groups is 2. The number of aromatic nitrogens is 1. The number of carbonyl (C=O) groups excluding carboxylic acids is 9. The van der Waals surface area contributed by atoms with Crippen molar-refractivity contribution in [2.75, 3.05) is 19.7 Å². The van der Waals surface area contributed by atoms with E-state index in [1.807, 2.05) is 31.2 Å². The zero-order valence-corrected chi connectivity index (χ0v) is 41.7. The lowest BCUT2D eigenvalue weighted by molar-refractivity contribution is -0.138. The molecule has 2 aromatic rings. The van der Waals surface area contributed by atoms with E-state index in [0.29, 0.717) is 32.2 Å². The summed E-state index contributed by atoms with van der Waals surface area (Å²) in [6, 6.07) is -1.85. The number of H-pyrrole nitrogens is 1. The largest absolute Gasteiger partial charge is 0.394 e. The minimum atomic E-state index is -1.60. The maximum atomic E-state index is 13.9. The van der Waals surface area contributed by atoms with Crippen LogP contribution in [0.3, 0.4) is 0 Å². The van der Waals surface area contributed by atoms with Gasteiger partial charge in [0.25, 0.3) is 0 Å². The number of hydrogen-bond donors (Lipinski definition) is 14. The molecular formula is C47H78N12O11. The van der Waals surface area contributed by atoms with Crippen LogP contribution in [0.4, 0.5) is 0 Å². The number of nitrogens with one attached hydrogen (secondary N) is 9. The number of aliphatic hydroxyl groups excluding tert-OH is 2. The molecule has 1 aromatic carbocycles. The normalized spacial score (nSPS) is 15.7. The highest BCUT2D eigenvalue weighted by molar-refractivity contribution is 5.97. The molecule has 0 radical (unpaired) electrons. The minimum absolute atomic E-state index is 0.284. The Morgan fingerprint density at radius 3 is 1.79 bits per heavy atom. The summed E-state index contributed by atoms with van der Waals surface area (Å²) in [7, 11) is 0. The van der Waals surface area contributed by atoms with E-state index in [2.05, 4.69) is 47.5 Å². The summed E-state index contributed by atoms with van der Waals surface area (Å²) in [5.41, 5.74) is 18.5. The third-order valence-corrected chi connectivity index (χ3v) is 11.9. The monoisotopic (exact) mass is 987 g/mol. The summed E-state index contributed by atoms with van der Waals surface area (Å²) >= 11 is 0. The molecule has 0 saturated carbocycles. The predicted octanol–water partition coefficient (Wildman–Crippen LogP) is -2.31. The molecule has 1 aromatic heterocycles. The molecular weight excluding hydrogens is 909 g/mol. The highest BCUT2D eigenvalue weighted by Crippen LogP contribution is 2.20. The van der Waals surface area contributed by atoms with Crippen molar-refractivity contribution < 1.29 is 53.4 Å². The van der Waals surface area contributed by atoms with Crippen LogP contribution in [-0.4, -0.2) is 142 Å². The zero-order valence-electron chi connectivity index (χ0n) is 41.7. The second kappa shape index (κ2) is 29.8. The number of aromatic amines is 1. The van der Waals surface area contributed by atoms with Crippen LogP contribution in [0.2, 0.25) is 0 Å². The Hall–Kier alpha value is -6.17. The van der Waals surface area contributed by atoms with E-state index < -0.39 is 139 Å². The molecule has 0 unspecified atom stereocenters. The van der Waals surface area contributed by atoms with Gasteiger partial charge < -0.3 is 74.9 Å². The topological polar surface area (TPSA) is 384 Å². The number of fused-ring (bicyclic) bond motifs is 1. The molecule has 0 saturated heterocycles. The van der Waals surface area contributed by atoms with E-state index in [-0.39, 0.29) is 19.3 Å². The third kappa shape index (κ3) is 19.3. The number of primary amides is 1. The SMILES string of the molecule is CC[C@H](C)[C@H](NC(=O)[C@@H](NC(=O)[C@@H](NC(=O)[C@@H](NC(=O)[C@H](CCC(N)=O)NC(=O)CNC(=O)[C@H](C)NC(=O)[C@@H](N)CCCCN)C(C)C)C(C)C)[C@@H](C)O)C(=O)N[C@H](CO)Cc1c[nH]c2ccccc12. The van der Waals surface area contributed by atoms with Gasteiger partial charge in [-0.05, 0) is 75.5 Å². The summed E-state index contributed by atoms with van der Waals surface area (Å²) in [4.78, 5) is 122. The Balaban J connectivity index is 2.16. The molecule has 0 fully saturated rings. The van der Waals surface area contributed by atoms with Crippen molar-refractivity contribution >= 4 is 64.1 Å². The molecule has 9 amide bonds. The van der Waals surface area contributed by atoms with E-state index in [9.17, 15) is 53.4 Å². The number of nitrogens with two attached hydrogens (primary N) is 3. The van der Waals surface area contributed by atoms with Gasteiger partial charge in [0.05, 0.1) is 31.3 Å². The summed E-state index contributed by atoms with van der Waals surface area (Å²) in [5.74, 6) is -8.61. The van der Waals surface area contributed by atoms with Gasteiger partial charge in [-0.1, -0.05) is 72.6 Å². The fourth-order valence-electron chi connectivity index (χ4n) is 7.33. The van der Waals surface area contributed by atoms with Crippen molar-refractivity contribution in [2.24, 2.45) is 35.0 Å². The Kier molecular flexibility index (Phi) is 25.5. The molecule has 0 spiro atoms. The van der Waals surface area contributed by atoms with E-state index in [0.717, 1.165) is 16.5 Å². The molecule has 10 atom stereocenters. The van der Waals surface area contributed by atoms with Crippen molar-refractivity contribution in [3.8, 4) is 0 Å². The molecule has 23 nitrogen and oxygen atoms in total. The fraction of sp³-hybridized carbons (Fsp3) is 0.638. The maximum absolute atomic E-state index is 13.9. The lowest BCUT2D eigenvalue weighted by Gasteiger charge is -2.31. The summed E-state index contributed by atoms with van der Waals surface area (Å²) in [6.45, 7) is 12.1. The van der Waals surface area contributed by atoms with Gasteiger partial charge in [0, 0.05) is 23.5 Å². The van der Waals surface area contributed by atoms with Crippen LogP contribution in [0.15, 0.2) is 30.5 Å². The summed E-state index contributed by atoms with van der Waals surface area (Å²) in [6.07, 6.45) is 2.09. The van der Waals surface area contributed by atoms with Gasteiger partial charge in [0.15, 0.2) is 0 Å². The van der Waals surface area contributed by atoms with E-state index >= 15 is 0 Å². The molecule has 0 bridgehead atoms. The Bertz CT molecular complexity index is 2080. The Labute approximate surface area is 409 Å². The number of hydrogen-bond acceptors (Lipinski definition) is 13. The van der Waals surface area contributed by atoms with Gasteiger partial charge in [-0.15, -0.1) is 0 Å². The molecule has 0 aliphatic rings. The van der Waals surface area contributed by atoms with E-state index in [4.69, 9.17) is 17.2 Å². The molecule has 2 rings (SSSR count). The number of unbranched alkanes of at least 4 members (excludes halogenated alkanes) is 1. The lowest BCUT2D eigenvalue weighted by Crippen LogP contribution is -2.63. The number of rotatable bonds is 31. The Morgan fingerprint density at radius 2 is 1.23 bits per heavy atom. The first-order valence-electron chi connectivity index (χ1n) is 23.9. The Morgan fingerprint density at radius 1 is 0.671 bits per heavy atom. The quantitative estimate of drug-likeness (QED) is 0.0354. The molecule has 17 N–H and O–H groups in total. The third-order valence-electron chi connectivity index (χ3n) is 11.9. The van der Waals surface area contributed by atoms with Crippen molar-refractivity contribution in [1.29, 1.82) is 0 Å². The van der Waals surface area contributed by atoms with Crippen LogP contribution in [0.25, 0.3) is 10.9 Å². The average Bonchev–Trinajstić information content (AvgIpc) is 3.72. The van der Waals surface area contributed by atoms with Crippen LogP contribution in [0.5, 0.6) is 0 Å². The summed E-state index contributed by atoms with van der Waals surface area (Å²) in [5, 5.41) is 42.3. The smallest absolute Gasteiger partial charge is 0.245 e. The van der Waals surface area contributed by atoms with Crippen molar-refractivity contribution in [3.05, 3.63) is 36.0 Å². The van der Waals surface area contributed by atoms with Crippen molar-refractivity contribution in [3.63, 3.8) is 0 Å². The molecule has 1 heterocycles. The number of benzene rings is 1. The lowest BCUT2D eigenvalue weighted by atomic mass is 9.96. The second-order valence-electron chi connectivity index (χ2n) is 18.5. The van der Waals surface area contributed by atoms with Gasteiger partial charge in [-0.2, -0.15) is 0 Å². The van der Waals surface area contributed by atoms with Crippen LogP contribution < -0.4 is 59.7 Å². The number of carbonyl (C=O) groups is 9. The van der Waals surface area contributed by atoms with Crippen molar-refractivity contribution in [1.82, 2.24) is 47.5 Å². The van der Waals surface area contributed by atoms with Crippen LogP contribution in [-0.2, 0) is 49.6 Å². The first kappa shape index (κ1) is 60.0. The average molecular weight is 987 g/mol. The van der Waals surface area contributed by atoms with Crippen LogP contribution in [0, 0.1) is 17.8 Å². The van der Waals surface area contributed by atoms with Gasteiger partial charge >= 0.3 is 0 Å². The zero-order chi connectivity index (χ0) is 52.8. The molecule has 392 valence electrons. The molecule has 23 heteroatoms. The maximum Gasteiger partial charge on any atom is 0.245 e. The van der Waals surface area contributed by atoms with Crippen LogP contribution >= 0.6 is 0 Å².